The molecule has 8 N–H and O–H groups in total. The number of halogens is 1. The lowest BCUT2D eigenvalue weighted by molar-refractivity contribution is -0.0619. The monoisotopic (exact) mass is 824 g/mol. The lowest BCUT2D eigenvalue weighted by Crippen LogP contribution is -2.35. The standard InChI is InChI=1S/C25H31FN10O15P2S/c1-8(2)47-25(40)44-7-54-53(43)46-4-10-15(11(26)21(49-10)35-5-29-12-17(35)31-23(27)33-19(12)38)50-52(41,42)45-3-9-14(37)16(51-53)22(48-9)36-6-30-13-18(36)32-24(28)34-20(13)39/h5-6,8-11,14-16,21-22,37H,3-4,7H2,1-2H3,(H,41,42)(H3,27,31,33,38)(H3,28,32,34,39)/t9-,10-,11?,14?,15?,16?,21-,22-,53?/m1/s1. The van der Waals surface area contributed by atoms with Gasteiger partial charge in [-0.1, -0.05) is 0 Å². The van der Waals surface area contributed by atoms with Crippen LogP contribution in [-0.2, 0) is 46.2 Å². The van der Waals surface area contributed by atoms with Crippen molar-refractivity contribution in [1.29, 1.82) is 0 Å². The molecule has 0 aromatic carbocycles. The SMILES string of the molecule is CC(C)OC(=O)OCSP1(=O)OC[C@H]2O[C@@H](n3cnc4c(=O)[nH]c(N)nc43)C(F)C2OP(=O)(O)OC[C@H]2O[C@@H](n3cnc4c(=O)[nH]c(N)nc43)C(O1)C2O. The van der Waals surface area contributed by atoms with E-state index in [2.05, 4.69) is 29.9 Å². The number of H-pyrrole nitrogens is 2. The van der Waals surface area contributed by atoms with Crippen molar-refractivity contribution in [3.05, 3.63) is 33.4 Å². The van der Waals surface area contributed by atoms with Crippen molar-refractivity contribution in [2.45, 2.75) is 69.1 Å². The number of aromatic amines is 2. The lowest BCUT2D eigenvalue weighted by atomic mass is 10.1. The minimum absolute atomic E-state index is 0.156. The number of phosphoric acid groups is 1. The molecule has 3 aliphatic heterocycles. The highest BCUT2D eigenvalue weighted by molar-refractivity contribution is 8.55. The minimum atomic E-state index is -5.25. The molecule has 3 fully saturated rings. The number of imidazole rings is 2. The number of hydrogen-bond acceptors (Lipinski definition) is 21. The van der Waals surface area contributed by atoms with Crippen molar-refractivity contribution < 1.29 is 65.4 Å². The number of nitrogens with one attached hydrogen (secondary N) is 2. The summed E-state index contributed by atoms with van der Waals surface area (Å²) in [5.41, 5.74) is 9.11. The van der Waals surface area contributed by atoms with Gasteiger partial charge < -0.3 is 40.4 Å². The highest BCUT2D eigenvalue weighted by atomic mass is 32.7. The molecule has 7 rings (SSSR count). The molecule has 10 atom stereocenters. The maximum Gasteiger partial charge on any atom is 0.509 e. The number of hydrogen-bond donors (Lipinski definition) is 6. The number of anilines is 2. The molecule has 3 aliphatic rings. The number of fused-ring (bicyclic) bond motifs is 5. The van der Waals surface area contributed by atoms with Crippen LogP contribution in [0.1, 0.15) is 26.3 Å². The van der Waals surface area contributed by atoms with Crippen molar-refractivity contribution in [3.8, 4) is 0 Å². The summed E-state index contributed by atoms with van der Waals surface area (Å²) in [6.07, 6.45) is -13.9. The van der Waals surface area contributed by atoms with Crippen LogP contribution in [0.25, 0.3) is 22.3 Å². The Morgan fingerprint density at radius 3 is 2.17 bits per heavy atom. The molecule has 7 heterocycles. The maximum atomic E-state index is 16.3. The largest absolute Gasteiger partial charge is 0.509 e. The molecule has 54 heavy (non-hydrogen) atoms. The summed E-state index contributed by atoms with van der Waals surface area (Å²) in [5.74, 6) is -1.36. The smallest absolute Gasteiger partial charge is 0.432 e. The number of nitrogen functional groups attached to an aromatic ring is 2. The summed E-state index contributed by atoms with van der Waals surface area (Å²) < 4.78 is 89.9. The molecule has 0 amide bonds. The summed E-state index contributed by atoms with van der Waals surface area (Å²) in [6.45, 7) is -3.41. The summed E-state index contributed by atoms with van der Waals surface area (Å²) >= 11 is 0.300. The molecule has 0 saturated carbocycles. The fraction of sp³-hybridized carbons (Fsp3) is 0.560. The Labute approximate surface area is 303 Å². The predicted octanol–water partition coefficient (Wildman–Crippen LogP) is 0.189. The number of phosphoric ester groups is 1. The number of ether oxygens (including phenoxy) is 4. The molecule has 3 saturated heterocycles. The van der Waals surface area contributed by atoms with Crippen LogP contribution in [0.4, 0.5) is 21.1 Å². The van der Waals surface area contributed by atoms with E-state index in [4.69, 9.17) is 48.5 Å². The second-order valence-electron chi connectivity index (χ2n) is 12.1. The molecule has 0 aliphatic carbocycles. The number of carbonyl (C=O) groups excluding carboxylic acids is 1. The van der Waals surface area contributed by atoms with E-state index in [0.29, 0.717) is 11.4 Å². The van der Waals surface area contributed by atoms with E-state index < -0.39 is 106 Å². The molecular weight excluding hydrogens is 793 g/mol. The second kappa shape index (κ2) is 14.6. The first-order valence-corrected chi connectivity index (χ1v) is 20.3. The maximum absolute atomic E-state index is 16.3. The molecule has 0 spiro atoms. The van der Waals surface area contributed by atoms with Crippen LogP contribution in [0.3, 0.4) is 0 Å². The van der Waals surface area contributed by atoms with E-state index >= 15 is 4.39 Å². The molecule has 29 heteroatoms. The molecule has 2 bridgehead atoms. The lowest BCUT2D eigenvalue weighted by Gasteiger charge is -2.27. The van der Waals surface area contributed by atoms with Gasteiger partial charge in [0, 0.05) is 11.4 Å². The summed E-state index contributed by atoms with van der Waals surface area (Å²) in [7, 11) is -5.25. The normalized spacial score (nSPS) is 33.3. The van der Waals surface area contributed by atoms with Crippen molar-refractivity contribution in [2.24, 2.45) is 0 Å². The average molecular weight is 825 g/mol. The zero-order valence-electron chi connectivity index (χ0n) is 27.7. The third-order valence-corrected chi connectivity index (χ3v) is 12.4. The van der Waals surface area contributed by atoms with Crippen LogP contribution < -0.4 is 22.6 Å². The molecule has 294 valence electrons. The van der Waals surface area contributed by atoms with Gasteiger partial charge in [-0.25, -0.2) is 28.3 Å². The van der Waals surface area contributed by atoms with Crippen LogP contribution in [0.15, 0.2) is 22.2 Å². The van der Waals surface area contributed by atoms with Crippen molar-refractivity contribution >= 4 is 66.4 Å². The van der Waals surface area contributed by atoms with Gasteiger partial charge in [0.15, 0.2) is 46.9 Å². The Balaban J connectivity index is 1.24. The third-order valence-electron chi connectivity index (χ3n) is 8.05. The first-order valence-electron chi connectivity index (χ1n) is 15.7. The van der Waals surface area contributed by atoms with Gasteiger partial charge in [0.2, 0.25) is 11.9 Å². The Morgan fingerprint density at radius 1 is 0.981 bits per heavy atom. The highest BCUT2D eigenvalue weighted by Gasteiger charge is 2.55. The van der Waals surface area contributed by atoms with Gasteiger partial charge >= 0.3 is 20.8 Å². The van der Waals surface area contributed by atoms with Gasteiger partial charge in [0.05, 0.1) is 32.0 Å². The van der Waals surface area contributed by atoms with E-state index in [1.807, 2.05) is 0 Å². The molecule has 6 unspecified atom stereocenters. The quantitative estimate of drug-likeness (QED) is 0.0858. The third kappa shape index (κ3) is 7.48. The van der Waals surface area contributed by atoms with E-state index in [9.17, 15) is 33.5 Å². The van der Waals surface area contributed by atoms with E-state index in [1.165, 1.54) is 0 Å². The van der Waals surface area contributed by atoms with E-state index in [-0.39, 0.29) is 34.2 Å². The van der Waals surface area contributed by atoms with Gasteiger partial charge in [0.25, 0.3) is 11.1 Å². The predicted molar refractivity (Wildman–Crippen MR) is 178 cm³/mol. The molecular formula is C25H31FN10O15P2S. The molecule has 0 radical (unpaired) electrons. The van der Waals surface area contributed by atoms with Gasteiger partial charge in [-0.2, -0.15) is 9.97 Å². The first kappa shape index (κ1) is 38.3. The molecule has 25 nitrogen and oxygen atoms in total. The van der Waals surface area contributed by atoms with Crippen LogP contribution in [0, 0.1) is 0 Å². The van der Waals surface area contributed by atoms with Crippen LogP contribution >= 0.6 is 26.0 Å². The Bertz CT molecular complexity index is 2290. The van der Waals surface area contributed by atoms with Crippen molar-refractivity contribution in [2.75, 3.05) is 30.6 Å². The van der Waals surface area contributed by atoms with E-state index in [1.54, 1.807) is 13.8 Å². The van der Waals surface area contributed by atoms with Gasteiger partial charge in [-0.3, -0.25) is 46.8 Å². The zero-order valence-corrected chi connectivity index (χ0v) is 30.3. The number of alkyl halides is 1. The topological polar surface area (TPSA) is 345 Å². The fourth-order valence-electron chi connectivity index (χ4n) is 5.76. The highest BCUT2D eigenvalue weighted by Crippen LogP contribution is 2.64. The van der Waals surface area contributed by atoms with Crippen molar-refractivity contribution in [3.63, 3.8) is 0 Å². The van der Waals surface area contributed by atoms with Crippen LogP contribution in [0.2, 0.25) is 0 Å². The summed E-state index contributed by atoms with van der Waals surface area (Å²) in [5, 5.41) is 11.4. The zero-order chi connectivity index (χ0) is 38.7. The molecule has 4 aromatic rings. The van der Waals surface area contributed by atoms with Gasteiger partial charge in [-0.15, -0.1) is 0 Å². The van der Waals surface area contributed by atoms with Gasteiger partial charge in [-0.05, 0) is 13.8 Å². The number of aromatic nitrogens is 8. The van der Waals surface area contributed by atoms with Crippen molar-refractivity contribution in [1.82, 2.24) is 39.0 Å². The number of aliphatic hydroxyl groups is 1. The number of nitrogens with zero attached hydrogens (tertiary/aromatic N) is 6. The fourth-order valence-corrected chi connectivity index (χ4v) is 9.48. The Morgan fingerprint density at radius 2 is 1.56 bits per heavy atom. The number of nitrogens with two attached hydrogens (primary N) is 2. The molecule has 4 aromatic heterocycles. The summed E-state index contributed by atoms with van der Waals surface area (Å²) in [4.78, 5) is 68.2. The first-order chi connectivity index (χ1) is 25.5. The minimum Gasteiger partial charge on any atom is -0.432 e. The average Bonchev–Trinajstić information content (AvgIpc) is 3.84. The Hall–Kier alpha value is -4.01. The number of rotatable bonds is 6. The summed E-state index contributed by atoms with van der Waals surface area (Å²) in [6, 6.07) is 0. The van der Waals surface area contributed by atoms with Crippen LogP contribution in [-0.4, -0.2) is 117 Å². The van der Waals surface area contributed by atoms with Gasteiger partial charge in [0.1, 0.15) is 30.5 Å². The van der Waals surface area contributed by atoms with Crippen LogP contribution in [0.5, 0.6) is 0 Å². The van der Waals surface area contributed by atoms with E-state index in [0.717, 1.165) is 21.8 Å². The second-order valence-corrected chi connectivity index (χ2v) is 17.5. The Kier molecular flexibility index (Phi) is 10.3. The number of aliphatic hydroxyl groups excluding tert-OH is 1. The number of carbonyl (C=O) groups is 1.